The Balaban J connectivity index is 0.00000312. The molecule has 0 aliphatic heterocycles. The summed E-state index contributed by atoms with van der Waals surface area (Å²) in [5.74, 6) is 1.65. The number of guanidine groups is 1. The minimum Gasteiger partial charge on any atom is -0.492 e. The average Bonchev–Trinajstić information content (AvgIpc) is 2.61. The zero-order valence-corrected chi connectivity index (χ0v) is 17.6. The second-order valence-electron chi connectivity index (χ2n) is 5.27. The summed E-state index contributed by atoms with van der Waals surface area (Å²) >= 11 is 5.86. The SMILES string of the molecule is CN=C(NCCc1ccccn1)N(C)CCOc1ccc(Cl)cc1.I. The standard InChI is InChI=1S/C18H23ClN4O.HI/c1-20-18(22-12-10-16-5-3-4-11-21-16)23(2)13-14-24-17-8-6-15(19)7-9-17;/h3-9,11H,10,12-14H2,1-2H3,(H,20,22);1H. The Morgan fingerprint density at radius 2 is 2.00 bits per heavy atom. The van der Waals surface area contributed by atoms with E-state index in [-0.39, 0.29) is 24.0 Å². The van der Waals surface area contributed by atoms with Crippen LogP contribution < -0.4 is 10.1 Å². The number of hydrogen-bond acceptors (Lipinski definition) is 3. The Kier molecular flexibility index (Phi) is 10.3. The zero-order valence-electron chi connectivity index (χ0n) is 14.5. The number of aliphatic imine (C=N–C) groups is 1. The Morgan fingerprint density at radius 1 is 1.24 bits per heavy atom. The number of aromatic nitrogens is 1. The molecule has 2 rings (SSSR count). The highest BCUT2D eigenvalue weighted by Gasteiger charge is 2.05. The first kappa shape index (κ1) is 21.5. The third-order valence-corrected chi connectivity index (χ3v) is 3.72. The smallest absolute Gasteiger partial charge is 0.193 e. The molecule has 0 atom stereocenters. The van der Waals surface area contributed by atoms with Crippen LogP contribution in [0.3, 0.4) is 0 Å². The summed E-state index contributed by atoms with van der Waals surface area (Å²) in [6, 6.07) is 13.3. The highest BCUT2D eigenvalue weighted by Crippen LogP contribution is 2.15. The number of rotatable bonds is 7. The third-order valence-electron chi connectivity index (χ3n) is 3.47. The van der Waals surface area contributed by atoms with Crippen molar-refractivity contribution in [3.05, 3.63) is 59.4 Å². The van der Waals surface area contributed by atoms with Crippen LogP contribution in [0.5, 0.6) is 5.75 Å². The molecule has 0 radical (unpaired) electrons. The van der Waals surface area contributed by atoms with Gasteiger partial charge in [0, 0.05) is 44.0 Å². The van der Waals surface area contributed by atoms with E-state index in [1.54, 1.807) is 7.05 Å². The van der Waals surface area contributed by atoms with Gasteiger partial charge in [0.05, 0.1) is 6.54 Å². The van der Waals surface area contributed by atoms with Gasteiger partial charge in [0.1, 0.15) is 12.4 Å². The second-order valence-corrected chi connectivity index (χ2v) is 5.71. The summed E-state index contributed by atoms with van der Waals surface area (Å²) in [7, 11) is 3.76. The number of hydrogen-bond donors (Lipinski definition) is 1. The van der Waals surface area contributed by atoms with Crippen LogP contribution in [0.1, 0.15) is 5.69 Å². The summed E-state index contributed by atoms with van der Waals surface area (Å²) in [5, 5.41) is 4.04. The molecule has 0 saturated heterocycles. The van der Waals surface area contributed by atoms with Crippen molar-refractivity contribution in [3.8, 4) is 5.75 Å². The van der Waals surface area contributed by atoms with Crippen LogP contribution in [0, 0.1) is 0 Å². The van der Waals surface area contributed by atoms with E-state index in [9.17, 15) is 0 Å². The fourth-order valence-corrected chi connectivity index (χ4v) is 2.30. The van der Waals surface area contributed by atoms with Gasteiger partial charge >= 0.3 is 0 Å². The molecular weight excluding hydrogens is 451 g/mol. The molecule has 0 spiro atoms. The van der Waals surface area contributed by atoms with E-state index < -0.39 is 0 Å². The maximum atomic E-state index is 5.86. The Morgan fingerprint density at radius 3 is 2.64 bits per heavy atom. The number of nitrogens with zero attached hydrogens (tertiary/aromatic N) is 3. The lowest BCUT2D eigenvalue weighted by Crippen LogP contribution is -2.41. The monoisotopic (exact) mass is 474 g/mol. The molecular formula is C18H24ClIN4O. The number of benzene rings is 1. The van der Waals surface area contributed by atoms with Crippen LogP contribution in [0.25, 0.3) is 0 Å². The first-order valence-corrected chi connectivity index (χ1v) is 8.27. The van der Waals surface area contributed by atoms with Gasteiger partial charge < -0.3 is 15.0 Å². The highest BCUT2D eigenvalue weighted by molar-refractivity contribution is 14.0. The van der Waals surface area contributed by atoms with Crippen LogP contribution in [0.2, 0.25) is 5.02 Å². The molecule has 7 heteroatoms. The van der Waals surface area contributed by atoms with Gasteiger partial charge in [-0.15, -0.1) is 24.0 Å². The highest BCUT2D eigenvalue weighted by atomic mass is 127. The van der Waals surface area contributed by atoms with E-state index in [0.717, 1.165) is 36.9 Å². The summed E-state index contributed by atoms with van der Waals surface area (Å²) in [6.07, 6.45) is 2.67. The van der Waals surface area contributed by atoms with Crippen molar-refractivity contribution in [1.29, 1.82) is 0 Å². The molecule has 1 aromatic heterocycles. The maximum absolute atomic E-state index is 5.86. The normalized spacial score (nSPS) is 10.8. The average molecular weight is 475 g/mol. The lowest BCUT2D eigenvalue weighted by atomic mass is 10.3. The van der Waals surface area contributed by atoms with Gasteiger partial charge in [-0.1, -0.05) is 17.7 Å². The number of halogens is 2. The summed E-state index contributed by atoms with van der Waals surface area (Å²) < 4.78 is 5.71. The largest absolute Gasteiger partial charge is 0.492 e. The Hall–Kier alpha value is -1.54. The van der Waals surface area contributed by atoms with E-state index in [4.69, 9.17) is 16.3 Å². The van der Waals surface area contributed by atoms with Crippen molar-refractivity contribution in [1.82, 2.24) is 15.2 Å². The van der Waals surface area contributed by atoms with E-state index in [1.165, 1.54) is 0 Å². The fourth-order valence-electron chi connectivity index (χ4n) is 2.17. The molecule has 1 heterocycles. The van der Waals surface area contributed by atoms with Crippen molar-refractivity contribution >= 4 is 41.5 Å². The van der Waals surface area contributed by atoms with Gasteiger partial charge in [-0.3, -0.25) is 9.98 Å². The van der Waals surface area contributed by atoms with Crippen LogP contribution in [-0.4, -0.2) is 49.6 Å². The van der Waals surface area contributed by atoms with Crippen LogP contribution in [-0.2, 0) is 6.42 Å². The van der Waals surface area contributed by atoms with Gasteiger partial charge in [-0.2, -0.15) is 0 Å². The molecule has 25 heavy (non-hydrogen) atoms. The van der Waals surface area contributed by atoms with Crippen LogP contribution in [0.15, 0.2) is 53.7 Å². The molecule has 0 saturated carbocycles. The molecule has 0 aliphatic carbocycles. The predicted molar refractivity (Wildman–Crippen MR) is 114 cm³/mol. The quantitative estimate of drug-likeness (QED) is 0.379. The van der Waals surface area contributed by atoms with E-state index in [2.05, 4.69) is 15.3 Å². The second kappa shape index (κ2) is 11.9. The molecule has 0 unspecified atom stereocenters. The molecule has 5 nitrogen and oxygen atoms in total. The van der Waals surface area contributed by atoms with E-state index in [0.29, 0.717) is 11.6 Å². The maximum Gasteiger partial charge on any atom is 0.193 e. The number of likely N-dealkylation sites (N-methyl/N-ethyl adjacent to an activating group) is 1. The van der Waals surface area contributed by atoms with Crippen LogP contribution in [0.4, 0.5) is 0 Å². The predicted octanol–water partition coefficient (Wildman–Crippen LogP) is 3.48. The zero-order chi connectivity index (χ0) is 17.2. The van der Waals surface area contributed by atoms with Gasteiger partial charge in [-0.25, -0.2) is 0 Å². The van der Waals surface area contributed by atoms with Crippen molar-refractivity contribution < 1.29 is 4.74 Å². The number of pyridine rings is 1. The minimum absolute atomic E-state index is 0. The summed E-state index contributed by atoms with van der Waals surface area (Å²) in [5.41, 5.74) is 1.06. The van der Waals surface area contributed by atoms with Crippen molar-refractivity contribution in [2.75, 3.05) is 33.8 Å². The molecule has 1 N–H and O–H groups in total. The first-order chi connectivity index (χ1) is 11.7. The van der Waals surface area contributed by atoms with E-state index in [1.807, 2.05) is 60.6 Å². The molecule has 0 amide bonds. The summed E-state index contributed by atoms with van der Waals surface area (Å²) in [4.78, 5) is 10.6. The van der Waals surface area contributed by atoms with Gasteiger partial charge in [-0.05, 0) is 36.4 Å². The van der Waals surface area contributed by atoms with E-state index >= 15 is 0 Å². The van der Waals surface area contributed by atoms with Gasteiger partial charge in [0.15, 0.2) is 5.96 Å². The Bertz CT molecular complexity index is 637. The van der Waals surface area contributed by atoms with Gasteiger partial charge in [0.2, 0.25) is 0 Å². The fraction of sp³-hybridized carbons (Fsp3) is 0.333. The first-order valence-electron chi connectivity index (χ1n) is 7.89. The minimum atomic E-state index is 0. The lowest BCUT2D eigenvalue weighted by Gasteiger charge is -2.22. The molecule has 136 valence electrons. The van der Waals surface area contributed by atoms with Gasteiger partial charge in [0.25, 0.3) is 0 Å². The third kappa shape index (κ3) is 7.92. The van der Waals surface area contributed by atoms with Crippen molar-refractivity contribution in [3.63, 3.8) is 0 Å². The number of ether oxygens (including phenoxy) is 1. The van der Waals surface area contributed by atoms with Crippen LogP contribution >= 0.6 is 35.6 Å². The van der Waals surface area contributed by atoms with Crippen molar-refractivity contribution in [2.24, 2.45) is 4.99 Å². The molecule has 1 aromatic carbocycles. The number of nitrogens with one attached hydrogen (secondary N) is 1. The molecule has 0 fully saturated rings. The molecule has 0 bridgehead atoms. The Labute approximate surface area is 171 Å². The molecule has 0 aliphatic rings. The molecule has 2 aromatic rings. The topological polar surface area (TPSA) is 49.8 Å². The summed E-state index contributed by atoms with van der Waals surface area (Å²) in [6.45, 7) is 2.08. The lowest BCUT2D eigenvalue weighted by molar-refractivity contribution is 0.281. The van der Waals surface area contributed by atoms with Crippen molar-refractivity contribution in [2.45, 2.75) is 6.42 Å².